The number of halogens is 3. The van der Waals surface area contributed by atoms with Gasteiger partial charge in [-0.1, -0.05) is 17.7 Å². The van der Waals surface area contributed by atoms with Crippen LogP contribution in [0.5, 0.6) is 17.2 Å². The largest absolute Gasteiger partial charge is 0.484 e. The van der Waals surface area contributed by atoms with E-state index in [-0.39, 0.29) is 48.7 Å². The number of aromatic nitrogens is 1. The van der Waals surface area contributed by atoms with E-state index in [9.17, 15) is 26.4 Å². The summed E-state index contributed by atoms with van der Waals surface area (Å²) in [5.74, 6) is 0.286. The molecule has 1 aromatic heterocycles. The van der Waals surface area contributed by atoms with Crippen LogP contribution in [0, 0.1) is 6.92 Å². The third kappa shape index (κ3) is 15.4. The van der Waals surface area contributed by atoms with Crippen LogP contribution < -0.4 is 14.8 Å². The molecule has 0 spiro atoms. The number of amides is 1. The number of nitrogens with one attached hydrogen (secondary N) is 1. The summed E-state index contributed by atoms with van der Waals surface area (Å²) in [7, 11) is -3.80. The number of alkyl halides is 3. The van der Waals surface area contributed by atoms with Gasteiger partial charge in [-0.15, -0.1) is 0 Å². The van der Waals surface area contributed by atoms with Crippen LogP contribution in [0.4, 0.5) is 13.2 Å². The van der Waals surface area contributed by atoms with Crippen molar-refractivity contribution in [3.8, 4) is 17.2 Å². The van der Waals surface area contributed by atoms with Gasteiger partial charge in [0.2, 0.25) is 0 Å². The van der Waals surface area contributed by atoms with Crippen LogP contribution in [0.2, 0.25) is 0 Å². The van der Waals surface area contributed by atoms with E-state index in [1.807, 2.05) is 6.92 Å². The van der Waals surface area contributed by atoms with E-state index in [0.717, 1.165) is 11.6 Å². The maximum atomic E-state index is 12.8. The number of carbonyl (C=O) groups excluding carboxylic acids is 1. The number of aryl methyl sites for hydroxylation is 1. The van der Waals surface area contributed by atoms with Crippen molar-refractivity contribution in [3.05, 3.63) is 78.1 Å². The van der Waals surface area contributed by atoms with Gasteiger partial charge < -0.3 is 33.7 Å². The number of ether oxygens (including phenoxy) is 6. The van der Waals surface area contributed by atoms with Crippen LogP contribution in [-0.4, -0.2) is 91.9 Å². The van der Waals surface area contributed by atoms with Gasteiger partial charge in [-0.3, -0.25) is 14.0 Å². The van der Waals surface area contributed by atoms with Crippen LogP contribution in [-0.2, 0) is 44.2 Å². The van der Waals surface area contributed by atoms with Gasteiger partial charge in [0.25, 0.3) is 16.0 Å². The van der Waals surface area contributed by atoms with E-state index in [2.05, 4.69) is 10.3 Å². The summed E-state index contributed by atoms with van der Waals surface area (Å²) >= 11 is 0. The Morgan fingerprint density at radius 1 is 0.750 bits per heavy atom. The van der Waals surface area contributed by atoms with Crippen molar-refractivity contribution >= 4 is 16.0 Å². The monoisotopic (exact) mass is 700 g/mol. The molecule has 0 fully saturated rings. The van der Waals surface area contributed by atoms with Gasteiger partial charge in [-0.2, -0.15) is 21.6 Å². The van der Waals surface area contributed by atoms with Gasteiger partial charge in [-0.05, 0) is 55.8 Å². The van der Waals surface area contributed by atoms with Crippen molar-refractivity contribution in [3.63, 3.8) is 0 Å². The summed E-state index contributed by atoms with van der Waals surface area (Å²) in [5, 5.41) is 2.72. The summed E-state index contributed by atoms with van der Waals surface area (Å²) in [5.41, 5.74) is 0.0401. The number of rotatable bonds is 23. The molecule has 48 heavy (non-hydrogen) atoms. The van der Waals surface area contributed by atoms with Crippen LogP contribution >= 0.6 is 0 Å². The molecule has 0 bridgehead atoms. The van der Waals surface area contributed by atoms with Gasteiger partial charge in [0.05, 0.1) is 69.5 Å². The van der Waals surface area contributed by atoms with E-state index in [1.165, 1.54) is 42.6 Å². The zero-order valence-corrected chi connectivity index (χ0v) is 27.2. The molecule has 0 aliphatic heterocycles. The first-order valence-corrected chi connectivity index (χ1v) is 16.4. The first kappa shape index (κ1) is 38.6. The van der Waals surface area contributed by atoms with Crippen molar-refractivity contribution in [2.45, 2.75) is 24.4 Å². The number of nitrogens with zero attached hydrogens (tertiary/aromatic N) is 1. The summed E-state index contributed by atoms with van der Waals surface area (Å²) in [4.78, 5) is 15.7. The quantitative estimate of drug-likeness (QED) is 0.110. The summed E-state index contributed by atoms with van der Waals surface area (Å²) < 4.78 is 100. The average molecular weight is 701 g/mol. The Balaban J connectivity index is 1.09. The highest BCUT2D eigenvalue weighted by Crippen LogP contribution is 2.32. The lowest BCUT2D eigenvalue weighted by Crippen LogP contribution is -2.30. The molecule has 0 aliphatic carbocycles. The van der Waals surface area contributed by atoms with Crippen LogP contribution in [0.15, 0.2) is 71.9 Å². The molecule has 1 heterocycles. The predicted molar refractivity (Wildman–Crippen MR) is 166 cm³/mol. The van der Waals surface area contributed by atoms with Gasteiger partial charge in [0, 0.05) is 19.3 Å². The topological polar surface area (TPSA) is 141 Å². The number of pyridine rings is 1. The first-order chi connectivity index (χ1) is 23.0. The SMILES string of the molecule is Cc1ccc(S(=O)(=O)OCCOCCOCCOCCOCCCNC(=O)COc2ccc(Oc3cncc(C(F)(F)F)c3)cc2)cc1. The second kappa shape index (κ2) is 20.5. The highest BCUT2D eigenvalue weighted by atomic mass is 32.2. The van der Waals surface area contributed by atoms with Crippen LogP contribution in [0.3, 0.4) is 0 Å². The molecule has 1 amide bonds. The van der Waals surface area contributed by atoms with E-state index in [0.29, 0.717) is 64.6 Å². The standard InChI is InChI=1S/C32H39F3N2O10S/c1-25-3-9-30(10-4-25)48(39,40)46-20-19-44-18-17-43-16-15-42-14-13-41-12-2-11-37-31(38)24-45-27-5-7-28(8-6-27)47-29-21-26(22-36-23-29)32(33,34)35/h3-10,21-23H,2,11-20,24H2,1H3,(H,37,38). The Kier molecular flexibility index (Phi) is 16.5. The molecule has 1 N–H and O–H groups in total. The van der Waals surface area contributed by atoms with E-state index >= 15 is 0 Å². The normalized spacial score (nSPS) is 11.8. The minimum Gasteiger partial charge on any atom is -0.484 e. The number of benzene rings is 2. The molecule has 0 saturated heterocycles. The molecule has 2 aromatic carbocycles. The van der Waals surface area contributed by atoms with Crippen molar-refractivity contribution < 1.29 is 59.0 Å². The Morgan fingerprint density at radius 2 is 1.31 bits per heavy atom. The zero-order chi connectivity index (χ0) is 34.7. The van der Waals surface area contributed by atoms with Gasteiger partial charge in [0.15, 0.2) is 6.61 Å². The number of carbonyl (C=O) groups is 1. The molecule has 0 saturated carbocycles. The molecule has 0 radical (unpaired) electrons. The minimum absolute atomic E-state index is 0.0598. The van der Waals surface area contributed by atoms with E-state index in [4.69, 9.17) is 32.6 Å². The Labute approximate surface area is 277 Å². The predicted octanol–water partition coefficient (Wildman–Crippen LogP) is 4.56. The second-order valence-electron chi connectivity index (χ2n) is 10.0. The smallest absolute Gasteiger partial charge is 0.418 e. The lowest BCUT2D eigenvalue weighted by Gasteiger charge is -2.10. The fraction of sp³-hybridized carbons (Fsp3) is 0.438. The molecule has 0 aliphatic rings. The summed E-state index contributed by atoms with van der Waals surface area (Å²) in [6, 6.07) is 13.3. The third-order valence-electron chi connectivity index (χ3n) is 6.15. The highest BCUT2D eigenvalue weighted by Gasteiger charge is 2.31. The van der Waals surface area contributed by atoms with Crippen LogP contribution in [0.1, 0.15) is 17.5 Å². The maximum Gasteiger partial charge on any atom is 0.418 e. The molecule has 0 unspecified atom stereocenters. The minimum atomic E-state index is -4.53. The lowest BCUT2D eigenvalue weighted by atomic mass is 10.2. The van der Waals surface area contributed by atoms with Crippen molar-refractivity contribution in [1.82, 2.24) is 10.3 Å². The fourth-order valence-corrected chi connectivity index (χ4v) is 4.60. The molecule has 0 atom stereocenters. The number of hydrogen-bond acceptors (Lipinski definition) is 11. The van der Waals surface area contributed by atoms with Gasteiger partial charge in [-0.25, -0.2) is 0 Å². The van der Waals surface area contributed by atoms with Crippen molar-refractivity contribution in [2.75, 3.05) is 72.6 Å². The molecule has 16 heteroatoms. The third-order valence-corrected chi connectivity index (χ3v) is 7.48. The molecule has 3 rings (SSSR count). The lowest BCUT2D eigenvalue weighted by molar-refractivity contribution is -0.138. The molecule has 3 aromatic rings. The van der Waals surface area contributed by atoms with Gasteiger partial charge in [0.1, 0.15) is 17.2 Å². The molecular weight excluding hydrogens is 661 g/mol. The molecular formula is C32H39F3N2O10S. The zero-order valence-electron chi connectivity index (χ0n) is 26.4. The maximum absolute atomic E-state index is 12.8. The first-order valence-electron chi connectivity index (χ1n) is 15.0. The second-order valence-corrected chi connectivity index (χ2v) is 11.6. The van der Waals surface area contributed by atoms with E-state index in [1.54, 1.807) is 12.1 Å². The van der Waals surface area contributed by atoms with Gasteiger partial charge >= 0.3 is 6.18 Å². The highest BCUT2D eigenvalue weighted by molar-refractivity contribution is 7.86. The van der Waals surface area contributed by atoms with Crippen LogP contribution in [0.25, 0.3) is 0 Å². The van der Waals surface area contributed by atoms with E-state index < -0.39 is 21.9 Å². The Bertz CT molecular complexity index is 1470. The number of hydrogen-bond donors (Lipinski definition) is 1. The molecule has 12 nitrogen and oxygen atoms in total. The average Bonchev–Trinajstić information content (AvgIpc) is 3.06. The van der Waals surface area contributed by atoms with Crippen molar-refractivity contribution in [2.24, 2.45) is 0 Å². The molecule has 264 valence electrons. The Hall–Kier alpha value is -3.80. The summed E-state index contributed by atoms with van der Waals surface area (Å²) in [6.45, 7) is 4.62. The Morgan fingerprint density at radius 3 is 1.92 bits per heavy atom. The summed E-state index contributed by atoms with van der Waals surface area (Å²) in [6.07, 6.45) is -2.04. The van der Waals surface area contributed by atoms with Crippen molar-refractivity contribution in [1.29, 1.82) is 0 Å². The fourth-order valence-electron chi connectivity index (χ4n) is 3.71.